The third-order valence-corrected chi connectivity index (χ3v) is 5.61. The van der Waals surface area contributed by atoms with Crippen molar-refractivity contribution in [2.24, 2.45) is 0 Å². The maximum Gasteiger partial charge on any atom is 0.240 e. The van der Waals surface area contributed by atoms with Crippen molar-refractivity contribution < 1.29 is 13.2 Å². The number of ether oxygens (including phenoxy) is 1. The Bertz CT molecular complexity index is 968. The number of hydrogen-bond acceptors (Lipinski definition) is 3. The highest BCUT2D eigenvalue weighted by molar-refractivity contribution is 7.89. The molecule has 0 aliphatic rings. The van der Waals surface area contributed by atoms with Crippen molar-refractivity contribution in [3.63, 3.8) is 0 Å². The van der Waals surface area contributed by atoms with Crippen molar-refractivity contribution in [2.75, 3.05) is 6.54 Å². The molecule has 0 aliphatic carbocycles. The minimum absolute atomic E-state index is 0.201. The third-order valence-electron chi connectivity index (χ3n) is 4.15. The number of sulfonamides is 1. The fourth-order valence-electron chi connectivity index (χ4n) is 2.67. The smallest absolute Gasteiger partial charge is 0.240 e. The SMILES string of the molecule is Cc1ccc(Oc2cccc(S(=O)(=O)NCCCc3ccccc3)c2)cc1. The van der Waals surface area contributed by atoms with Gasteiger partial charge in [-0.25, -0.2) is 13.1 Å². The summed E-state index contributed by atoms with van der Waals surface area (Å²) in [7, 11) is -3.57. The first kappa shape index (κ1) is 19.1. The third kappa shape index (κ3) is 5.67. The van der Waals surface area contributed by atoms with E-state index in [0.717, 1.165) is 18.4 Å². The van der Waals surface area contributed by atoms with E-state index < -0.39 is 10.0 Å². The van der Waals surface area contributed by atoms with Crippen LogP contribution >= 0.6 is 0 Å². The summed E-state index contributed by atoms with van der Waals surface area (Å²) in [6.45, 7) is 2.39. The molecule has 1 N–H and O–H groups in total. The molecule has 0 heterocycles. The van der Waals surface area contributed by atoms with Crippen LogP contribution in [0.4, 0.5) is 0 Å². The van der Waals surface area contributed by atoms with Gasteiger partial charge in [-0.3, -0.25) is 0 Å². The number of nitrogens with one attached hydrogen (secondary N) is 1. The largest absolute Gasteiger partial charge is 0.457 e. The minimum Gasteiger partial charge on any atom is -0.457 e. The van der Waals surface area contributed by atoms with E-state index in [2.05, 4.69) is 4.72 Å². The molecule has 0 aromatic heterocycles. The van der Waals surface area contributed by atoms with Gasteiger partial charge in [-0.2, -0.15) is 0 Å². The van der Waals surface area contributed by atoms with E-state index in [1.54, 1.807) is 24.3 Å². The molecule has 5 heteroatoms. The standard InChI is InChI=1S/C22H23NO3S/c1-18-12-14-20(15-13-18)26-21-10-5-11-22(17-21)27(24,25)23-16-6-9-19-7-3-2-4-8-19/h2-5,7-8,10-15,17,23H,6,9,16H2,1H3. The fourth-order valence-corrected chi connectivity index (χ4v) is 3.78. The summed E-state index contributed by atoms with van der Waals surface area (Å²) in [6, 6.07) is 24.2. The summed E-state index contributed by atoms with van der Waals surface area (Å²) in [4.78, 5) is 0.201. The zero-order chi connectivity index (χ0) is 19.1. The molecule has 0 radical (unpaired) electrons. The van der Waals surface area contributed by atoms with Crippen molar-refractivity contribution in [3.05, 3.63) is 90.0 Å². The van der Waals surface area contributed by atoms with E-state index in [0.29, 0.717) is 18.0 Å². The molecule has 4 nitrogen and oxygen atoms in total. The molecule has 0 saturated carbocycles. The van der Waals surface area contributed by atoms with Gasteiger partial charge in [-0.15, -0.1) is 0 Å². The number of hydrogen-bond donors (Lipinski definition) is 1. The normalized spacial score (nSPS) is 11.3. The summed E-state index contributed by atoms with van der Waals surface area (Å²) >= 11 is 0. The molecule has 0 amide bonds. The van der Waals surface area contributed by atoms with Gasteiger partial charge in [0.15, 0.2) is 0 Å². The molecule has 3 rings (SSSR count). The van der Waals surface area contributed by atoms with Crippen LogP contribution in [0.2, 0.25) is 0 Å². The second kappa shape index (κ2) is 8.84. The zero-order valence-corrected chi connectivity index (χ0v) is 16.1. The van der Waals surface area contributed by atoms with Crippen molar-refractivity contribution in [1.82, 2.24) is 4.72 Å². The first-order valence-corrected chi connectivity index (χ1v) is 10.4. The van der Waals surface area contributed by atoms with Crippen LogP contribution in [0.5, 0.6) is 11.5 Å². The topological polar surface area (TPSA) is 55.4 Å². The van der Waals surface area contributed by atoms with Gasteiger partial charge in [-0.1, -0.05) is 54.1 Å². The molecule has 0 spiro atoms. The van der Waals surface area contributed by atoms with Crippen molar-refractivity contribution in [3.8, 4) is 11.5 Å². The zero-order valence-electron chi connectivity index (χ0n) is 15.3. The van der Waals surface area contributed by atoms with E-state index >= 15 is 0 Å². The van der Waals surface area contributed by atoms with Gasteiger partial charge in [0.1, 0.15) is 11.5 Å². The monoisotopic (exact) mass is 381 g/mol. The van der Waals surface area contributed by atoms with Crippen LogP contribution in [0.25, 0.3) is 0 Å². The molecule has 0 aliphatic heterocycles. The van der Waals surface area contributed by atoms with Gasteiger partial charge < -0.3 is 4.74 Å². The number of rotatable bonds is 8. The molecule has 0 saturated heterocycles. The molecular weight excluding hydrogens is 358 g/mol. The highest BCUT2D eigenvalue weighted by Crippen LogP contribution is 2.24. The first-order valence-electron chi connectivity index (χ1n) is 8.91. The lowest BCUT2D eigenvalue weighted by Gasteiger charge is -2.10. The van der Waals surface area contributed by atoms with Gasteiger partial charge in [-0.05, 0) is 49.6 Å². The van der Waals surface area contributed by atoms with E-state index in [4.69, 9.17) is 4.74 Å². The lowest BCUT2D eigenvalue weighted by atomic mass is 10.1. The minimum atomic E-state index is -3.57. The second-order valence-corrected chi connectivity index (χ2v) is 8.14. The fraction of sp³-hybridized carbons (Fsp3) is 0.182. The van der Waals surface area contributed by atoms with Crippen LogP contribution in [-0.4, -0.2) is 15.0 Å². The Morgan fingerprint density at radius 3 is 2.33 bits per heavy atom. The Morgan fingerprint density at radius 1 is 0.852 bits per heavy atom. The van der Waals surface area contributed by atoms with Crippen molar-refractivity contribution >= 4 is 10.0 Å². The van der Waals surface area contributed by atoms with Gasteiger partial charge in [0.05, 0.1) is 4.90 Å². The van der Waals surface area contributed by atoms with Gasteiger partial charge in [0, 0.05) is 12.6 Å². The molecule has 3 aromatic carbocycles. The number of aryl methyl sites for hydroxylation is 2. The Kier molecular flexibility index (Phi) is 6.27. The molecule has 0 atom stereocenters. The Labute approximate surface area is 160 Å². The molecule has 0 unspecified atom stereocenters. The van der Waals surface area contributed by atoms with Crippen LogP contribution in [0.15, 0.2) is 83.8 Å². The van der Waals surface area contributed by atoms with E-state index in [-0.39, 0.29) is 4.90 Å². The van der Waals surface area contributed by atoms with Crippen molar-refractivity contribution in [1.29, 1.82) is 0 Å². The summed E-state index contributed by atoms with van der Waals surface area (Å²) in [5.41, 5.74) is 2.34. The van der Waals surface area contributed by atoms with E-state index in [1.165, 1.54) is 5.56 Å². The van der Waals surface area contributed by atoms with Crippen LogP contribution in [-0.2, 0) is 16.4 Å². The lowest BCUT2D eigenvalue weighted by molar-refractivity contribution is 0.480. The van der Waals surface area contributed by atoms with Gasteiger partial charge in [0.25, 0.3) is 0 Å². The summed E-state index contributed by atoms with van der Waals surface area (Å²) in [5.74, 6) is 1.16. The Balaban J connectivity index is 1.59. The van der Waals surface area contributed by atoms with E-state index in [9.17, 15) is 8.42 Å². The van der Waals surface area contributed by atoms with Gasteiger partial charge >= 0.3 is 0 Å². The average molecular weight is 381 g/mol. The highest BCUT2D eigenvalue weighted by atomic mass is 32.2. The molecule has 140 valence electrons. The van der Waals surface area contributed by atoms with Crippen LogP contribution < -0.4 is 9.46 Å². The maximum absolute atomic E-state index is 12.5. The summed E-state index contributed by atoms with van der Waals surface area (Å²) < 4.78 is 33.5. The summed E-state index contributed by atoms with van der Waals surface area (Å²) in [6.07, 6.45) is 1.57. The molecule has 3 aromatic rings. The van der Waals surface area contributed by atoms with Crippen LogP contribution in [0.3, 0.4) is 0 Å². The quantitative estimate of drug-likeness (QED) is 0.576. The van der Waals surface area contributed by atoms with Crippen molar-refractivity contribution in [2.45, 2.75) is 24.7 Å². The molecular formula is C22H23NO3S. The second-order valence-electron chi connectivity index (χ2n) is 6.38. The maximum atomic E-state index is 12.5. The lowest BCUT2D eigenvalue weighted by Crippen LogP contribution is -2.25. The summed E-state index contributed by atoms with van der Waals surface area (Å²) in [5, 5.41) is 0. The first-order chi connectivity index (χ1) is 13.0. The molecule has 27 heavy (non-hydrogen) atoms. The average Bonchev–Trinajstić information content (AvgIpc) is 2.68. The van der Waals surface area contributed by atoms with Crippen LogP contribution in [0, 0.1) is 6.92 Å². The Morgan fingerprint density at radius 2 is 1.59 bits per heavy atom. The molecule has 0 bridgehead atoms. The predicted molar refractivity (Wildman–Crippen MR) is 108 cm³/mol. The Hall–Kier alpha value is -2.63. The molecule has 0 fully saturated rings. The van der Waals surface area contributed by atoms with Gasteiger partial charge in [0.2, 0.25) is 10.0 Å². The van der Waals surface area contributed by atoms with E-state index in [1.807, 2.05) is 61.5 Å². The predicted octanol–water partition coefficient (Wildman–Crippen LogP) is 4.70. The number of benzene rings is 3. The highest BCUT2D eigenvalue weighted by Gasteiger charge is 2.14. The van der Waals surface area contributed by atoms with Crippen LogP contribution in [0.1, 0.15) is 17.5 Å².